The summed E-state index contributed by atoms with van der Waals surface area (Å²) in [6, 6.07) is 56.0. The molecule has 0 amide bonds. The number of imidazole rings is 1. The van der Waals surface area contributed by atoms with Gasteiger partial charge in [-0.05, 0) is 129 Å². The largest absolute Gasteiger partial charge is 0.507 e. The van der Waals surface area contributed by atoms with Crippen molar-refractivity contribution in [3.63, 3.8) is 0 Å². The number of hydrogen-bond acceptors (Lipinski definition) is 3. The second-order valence-corrected chi connectivity index (χ2v) is 22.6. The van der Waals surface area contributed by atoms with Crippen LogP contribution >= 0.6 is 0 Å². The smallest absolute Gasteiger partial charge is 0.149 e. The number of phenols is 1. The molecule has 0 aliphatic heterocycles. The van der Waals surface area contributed by atoms with Crippen LogP contribution in [0.25, 0.3) is 94.4 Å². The van der Waals surface area contributed by atoms with Crippen LogP contribution in [-0.2, 0) is 37.3 Å². The van der Waals surface area contributed by atoms with Gasteiger partial charge < -0.3 is 5.11 Å². The Hall–Kier alpha value is -6.61. The van der Waals surface area contributed by atoms with Crippen LogP contribution in [-0.4, -0.2) is 19.6 Å². The molecule has 8 aromatic carbocycles. The summed E-state index contributed by atoms with van der Waals surface area (Å²) >= 11 is 0. The molecule has 0 spiro atoms. The number of benzene rings is 8. The van der Waals surface area contributed by atoms with Gasteiger partial charge in [0.25, 0.3) is 0 Å². The molecule has 10 aromatic rings. The molecule has 4 nitrogen and oxygen atoms in total. The standard InChI is InChI=1S/C66H64N3O.Pt/c1-39-33-40(2)57(41(3)34-39)46-26-20-25-45(35-46)54-30-28-49-42(4)58(44-23-18-15-19-24-44)50-29-32-56-61(59(50)60(49)67-54)68-63(52-37-48(65(8,9)10)38-53(62(52)70)66(11,12)13)69(56)55-31-27-47(64(5,6)7)36-51(55)43-21-16-14-17-22-43;/h14-24,26-38,70H,1-13H3;/q-1;. The van der Waals surface area contributed by atoms with E-state index in [4.69, 9.17) is 9.97 Å². The molecule has 0 aliphatic rings. The Balaban J connectivity index is 0.00000624. The molecule has 0 unspecified atom stereocenters. The summed E-state index contributed by atoms with van der Waals surface area (Å²) in [5.74, 6) is 0.919. The van der Waals surface area contributed by atoms with Gasteiger partial charge in [0.1, 0.15) is 11.6 Å². The summed E-state index contributed by atoms with van der Waals surface area (Å²) in [6.45, 7) is 28.8. The van der Waals surface area contributed by atoms with E-state index in [2.05, 4.69) is 240 Å². The summed E-state index contributed by atoms with van der Waals surface area (Å²) in [5.41, 5.74) is 20.5. The first-order chi connectivity index (χ1) is 33.2. The molecule has 0 bridgehead atoms. The zero-order valence-electron chi connectivity index (χ0n) is 43.5. The molecule has 0 atom stereocenters. The topological polar surface area (TPSA) is 50.9 Å². The third-order valence-corrected chi connectivity index (χ3v) is 14.3. The van der Waals surface area contributed by atoms with Crippen LogP contribution in [0.3, 0.4) is 0 Å². The summed E-state index contributed by atoms with van der Waals surface area (Å²) in [4.78, 5) is 11.5. The van der Waals surface area contributed by atoms with E-state index in [1.54, 1.807) is 0 Å². The number of fused-ring (bicyclic) bond motifs is 5. The van der Waals surface area contributed by atoms with Crippen molar-refractivity contribution in [3.8, 4) is 67.5 Å². The van der Waals surface area contributed by atoms with E-state index in [0.717, 1.165) is 94.2 Å². The average Bonchev–Trinajstić information content (AvgIpc) is 3.70. The fourth-order valence-electron chi connectivity index (χ4n) is 10.7. The maximum Gasteiger partial charge on any atom is 0.149 e. The number of aryl methyl sites for hydroxylation is 4. The predicted octanol–water partition coefficient (Wildman–Crippen LogP) is 17.7. The van der Waals surface area contributed by atoms with Gasteiger partial charge in [0.2, 0.25) is 0 Å². The van der Waals surface area contributed by atoms with E-state index < -0.39 is 0 Å². The number of aromatic hydroxyl groups is 1. The molecule has 2 heterocycles. The maximum atomic E-state index is 12.8. The van der Waals surface area contributed by atoms with Gasteiger partial charge in [0.05, 0.1) is 27.8 Å². The van der Waals surface area contributed by atoms with E-state index in [1.807, 2.05) is 6.07 Å². The van der Waals surface area contributed by atoms with Crippen LogP contribution in [0.1, 0.15) is 101 Å². The Kier molecular flexibility index (Phi) is 12.7. The van der Waals surface area contributed by atoms with E-state index in [-0.39, 0.29) is 43.1 Å². The zero-order chi connectivity index (χ0) is 49.6. The fourth-order valence-corrected chi connectivity index (χ4v) is 10.7. The monoisotopic (exact) mass is 1110 g/mol. The number of hydrogen-bond donors (Lipinski definition) is 1. The molecule has 10 rings (SSSR count). The van der Waals surface area contributed by atoms with Crippen LogP contribution in [0.2, 0.25) is 0 Å². The Morgan fingerprint density at radius 1 is 0.521 bits per heavy atom. The molecule has 0 saturated heterocycles. The number of rotatable bonds is 6. The molecular formula is C66H64N3OPt-. The van der Waals surface area contributed by atoms with Gasteiger partial charge in [-0.25, -0.2) is 4.98 Å². The van der Waals surface area contributed by atoms with E-state index in [1.165, 1.54) is 27.8 Å². The van der Waals surface area contributed by atoms with Gasteiger partial charge in [-0.2, -0.15) is 0 Å². The first kappa shape index (κ1) is 49.4. The first-order valence-electron chi connectivity index (χ1n) is 24.7. The number of aromatic nitrogens is 3. The third-order valence-electron chi connectivity index (χ3n) is 14.3. The van der Waals surface area contributed by atoms with Crippen molar-refractivity contribution >= 4 is 32.7 Å². The number of nitrogens with zero attached hydrogens (tertiary/aromatic N) is 3. The van der Waals surface area contributed by atoms with Crippen LogP contribution in [0.4, 0.5) is 0 Å². The van der Waals surface area contributed by atoms with Crippen molar-refractivity contribution in [2.45, 2.75) is 106 Å². The van der Waals surface area contributed by atoms with Crippen molar-refractivity contribution in [1.29, 1.82) is 0 Å². The SMILES string of the molecule is Cc1cc(C)c(-c2cc[c-]c(-c3ccc4c(C)c(-c5ccccc5)c5ccc6c(nc(-c7cc(C(C)(C)C)cc(C(C)(C)C)c7O)n6-c6ccc(C(C)(C)C)cc6-c6ccccc6)c5c4n3)c2)c(C)c1.[Pt]. The van der Waals surface area contributed by atoms with Crippen molar-refractivity contribution in [1.82, 2.24) is 14.5 Å². The Labute approximate surface area is 435 Å². The van der Waals surface area contributed by atoms with Crippen LogP contribution < -0.4 is 0 Å². The van der Waals surface area contributed by atoms with Gasteiger partial charge in [0, 0.05) is 43.0 Å². The van der Waals surface area contributed by atoms with Gasteiger partial charge in [0.15, 0.2) is 0 Å². The van der Waals surface area contributed by atoms with Gasteiger partial charge in [-0.1, -0.05) is 171 Å². The Morgan fingerprint density at radius 3 is 1.77 bits per heavy atom. The van der Waals surface area contributed by atoms with Crippen molar-refractivity contribution in [3.05, 3.63) is 191 Å². The molecule has 360 valence electrons. The maximum absolute atomic E-state index is 12.8. The van der Waals surface area contributed by atoms with Crippen molar-refractivity contribution < 1.29 is 26.2 Å². The predicted molar refractivity (Wildman–Crippen MR) is 297 cm³/mol. The van der Waals surface area contributed by atoms with Gasteiger partial charge in [-0.3, -0.25) is 9.55 Å². The van der Waals surface area contributed by atoms with Crippen molar-refractivity contribution in [2.75, 3.05) is 0 Å². The third kappa shape index (κ3) is 8.84. The summed E-state index contributed by atoms with van der Waals surface area (Å²) < 4.78 is 2.30. The van der Waals surface area contributed by atoms with Gasteiger partial charge >= 0.3 is 0 Å². The average molecular weight is 1110 g/mol. The molecule has 0 radical (unpaired) electrons. The molecule has 1 N–H and O–H groups in total. The van der Waals surface area contributed by atoms with Crippen LogP contribution in [0, 0.1) is 33.8 Å². The van der Waals surface area contributed by atoms with Crippen molar-refractivity contribution in [2.24, 2.45) is 0 Å². The Morgan fingerprint density at radius 2 is 1.14 bits per heavy atom. The second-order valence-electron chi connectivity index (χ2n) is 22.6. The number of pyridine rings is 1. The second kappa shape index (κ2) is 18.2. The van der Waals surface area contributed by atoms with Crippen LogP contribution in [0.5, 0.6) is 5.75 Å². The summed E-state index contributed by atoms with van der Waals surface area (Å²) in [5, 5.41) is 15.9. The molecule has 0 saturated carbocycles. The van der Waals surface area contributed by atoms with Crippen LogP contribution in [0.15, 0.2) is 146 Å². The molecular weight excluding hydrogens is 1050 g/mol. The fraction of sp³-hybridized carbons (Fsp3) is 0.242. The summed E-state index contributed by atoms with van der Waals surface area (Å²) in [6.07, 6.45) is 0. The molecule has 5 heteroatoms. The molecule has 71 heavy (non-hydrogen) atoms. The minimum atomic E-state index is -0.350. The minimum absolute atomic E-state index is 0. The Bertz CT molecular complexity index is 3670. The summed E-state index contributed by atoms with van der Waals surface area (Å²) in [7, 11) is 0. The zero-order valence-corrected chi connectivity index (χ0v) is 45.7. The normalized spacial score (nSPS) is 12.2. The molecule has 0 fully saturated rings. The van der Waals surface area contributed by atoms with E-state index in [0.29, 0.717) is 11.4 Å². The van der Waals surface area contributed by atoms with E-state index >= 15 is 0 Å². The van der Waals surface area contributed by atoms with E-state index in [9.17, 15) is 5.11 Å². The first-order valence-corrected chi connectivity index (χ1v) is 24.7. The number of phenolic OH excluding ortho intramolecular Hbond substituents is 1. The minimum Gasteiger partial charge on any atom is -0.507 e. The quantitative estimate of drug-likeness (QED) is 0.133. The molecule has 2 aromatic heterocycles. The molecule has 0 aliphatic carbocycles. The van der Waals surface area contributed by atoms with Gasteiger partial charge in [-0.15, -0.1) is 35.4 Å².